The van der Waals surface area contributed by atoms with Gasteiger partial charge in [-0.1, -0.05) is 42.5 Å². The van der Waals surface area contributed by atoms with Gasteiger partial charge in [-0.25, -0.2) is 0 Å². The second-order valence-corrected chi connectivity index (χ2v) is 12.2. The smallest absolute Gasteiger partial charge is 0.252 e. The van der Waals surface area contributed by atoms with E-state index in [2.05, 4.69) is 17.0 Å². The zero-order valence-electron chi connectivity index (χ0n) is 23.4. The molecule has 2 aromatic carbocycles. The molecule has 0 radical (unpaired) electrons. The number of carbonyl (C=O) groups excluding carboxylic acids is 2. The van der Waals surface area contributed by atoms with E-state index >= 15 is 0 Å². The average Bonchev–Trinajstić information content (AvgIpc) is 3.33. The molecule has 4 aliphatic carbocycles. The fraction of sp³-hybridized carbons (Fsp3) is 0.500. The summed E-state index contributed by atoms with van der Waals surface area (Å²) in [7, 11) is 5.27. The van der Waals surface area contributed by atoms with Crippen LogP contribution in [0.25, 0.3) is 0 Å². The number of methoxy groups -OCH3 is 2. The van der Waals surface area contributed by atoms with Gasteiger partial charge >= 0.3 is 0 Å². The second kappa shape index (κ2) is 8.82. The first-order chi connectivity index (χ1) is 19.3. The molecule has 2 amide bonds. The lowest BCUT2D eigenvalue weighted by Gasteiger charge is -2.70. The zero-order chi connectivity index (χ0) is 27.9. The Morgan fingerprint density at radius 2 is 1.93 bits per heavy atom. The van der Waals surface area contributed by atoms with Gasteiger partial charge in [-0.15, -0.1) is 0 Å². The minimum Gasteiger partial charge on any atom is -0.493 e. The van der Waals surface area contributed by atoms with Gasteiger partial charge in [0.1, 0.15) is 11.7 Å². The molecule has 6 aliphatic rings. The number of amides is 2. The molecule has 2 spiro atoms. The van der Waals surface area contributed by atoms with Gasteiger partial charge in [-0.2, -0.15) is 0 Å². The Morgan fingerprint density at radius 1 is 1.12 bits per heavy atom. The first-order valence-electron chi connectivity index (χ1n) is 14.3. The lowest BCUT2D eigenvalue weighted by atomic mass is 9.37. The molecule has 2 aromatic rings. The Labute approximate surface area is 235 Å². The van der Waals surface area contributed by atoms with Crippen molar-refractivity contribution < 1.29 is 23.8 Å². The first-order valence-corrected chi connectivity index (χ1v) is 14.3. The fourth-order valence-electron chi connectivity index (χ4n) is 9.05. The highest BCUT2D eigenvalue weighted by Crippen LogP contribution is 2.74. The molecular weight excluding hydrogens is 506 g/mol. The quantitative estimate of drug-likeness (QED) is 0.550. The normalized spacial score (nSPS) is 32.6. The molecule has 2 heterocycles. The number of fused-ring (bicyclic) bond motifs is 1. The highest BCUT2D eigenvalue weighted by Gasteiger charge is 2.79. The van der Waals surface area contributed by atoms with Crippen molar-refractivity contribution in [3.8, 4) is 11.5 Å². The Hall–Kier alpha value is -3.36. The maximum absolute atomic E-state index is 14.4. The van der Waals surface area contributed by atoms with Crippen LogP contribution in [0.4, 0.5) is 0 Å². The zero-order valence-corrected chi connectivity index (χ0v) is 23.4. The Balaban J connectivity index is 1.40. The fourth-order valence-corrected chi connectivity index (χ4v) is 9.05. The van der Waals surface area contributed by atoms with E-state index in [0.29, 0.717) is 31.5 Å². The SMILES string of the molecule is COc1ccc2c3c1O[C@@H]1[C@]34CCN(CCC(N)=O)[C@H](C2)[C@@]42C=C(C(=O)N(C)Cc3ccccc3)[C@]1(OC)CC2. The molecule has 5 atom stereocenters. The molecule has 40 heavy (non-hydrogen) atoms. The molecule has 0 unspecified atom stereocenters. The number of primary amides is 1. The van der Waals surface area contributed by atoms with Crippen LogP contribution in [0.1, 0.15) is 42.4 Å². The first kappa shape index (κ1) is 25.6. The molecule has 1 saturated heterocycles. The van der Waals surface area contributed by atoms with Crippen LogP contribution in [0, 0.1) is 5.41 Å². The highest BCUT2D eigenvalue weighted by atomic mass is 16.6. The molecule has 8 rings (SSSR count). The van der Waals surface area contributed by atoms with E-state index in [-0.39, 0.29) is 34.8 Å². The van der Waals surface area contributed by atoms with Crippen molar-refractivity contribution in [2.24, 2.45) is 11.1 Å². The van der Waals surface area contributed by atoms with Gasteiger partial charge in [-0.3, -0.25) is 14.5 Å². The number of benzene rings is 2. The number of hydrogen-bond donors (Lipinski definition) is 1. The van der Waals surface area contributed by atoms with E-state index in [1.54, 1.807) is 19.1 Å². The number of ether oxygens (including phenoxy) is 3. The molecule has 4 bridgehead atoms. The van der Waals surface area contributed by atoms with E-state index in [1.807, 2.05) is 43.4 Å². The highest BCUT2D eigenvalue weighted by molar-refractivity contribution is 5.97. The van der Waals surface area contributed by atoms with Gasteiger partial charge in [0.25, 0.3) is 5.91 Å². The number of hydrogen-bond acceptors (Lipinski definition) is 6. The summed E-state index contributed by atoms with van der Waals surface area (Å²) in [6.45, 7) is 1.95. The van der Waals surface area contributed by atoms with E-state index < -0.39 is 5.60 Å². The van der Waals surface area contributed by atoms with E-state index in [0.717, 1.165) is 42.9 Å². The van der Waals surface area contributed by atoms with Crippen LogP contribution in [0.15, 0.2) is 54.1 Å². The summed E-state index contributed by atoms with van der Waals surface area (Å²) in [5.41, 5.74) is 8.32. The third-order valence-corrected chi connectivity index (χ3v) is 10.7. The van der Waals surface area contributed by atoms with Gasteiger partial charge in [-0.05, 0) is 49.4 Å². The Bertz CT molecular complexity index is 1430. The lowest BCUT2D eigenvalue weighted by Crippen LogP contribution is -2.78. The van der Waals surface area contributed by atoms with Gasteiger partial charge in [0.15, 0.2) is 11.5 Å². The second-order valence-electron chi connectivity index (χ2n) is 12.2. The van der Waals surface area contributed by atoms with E-state index in [9.17, 15) is 9.59 Å². The summed E-state index contributed by atoms with van der Waals surface area (Å²) in [6, 6.07) is 14.3. The molecule has 210 valence electrons. The molecule has 2 N–H and O–H groups in total. The number of nitrogens with two attached hydrogens (primary N) is 1. The molecule has 2 fully saturated rings. The van der Waals surface area contributed by atoms with Crippen molar-refractivity contribution in [3.05, 3.63) is 70.8 Å². The van der Waals surface area contributed by atoms with Crippen molar-refractivity contribution in [1.82, 2.24) is 9.80 Å². The monoisotopic (exact) mass is 543 g/mol. The molecular formula is C32H37N3O5. The maximum Gasteiger partial charge on any atom is 0.252 e. The standard InChI is InChI=1S/C32H37N3O5/c1-34(19-20-7-5-4-6-8-20)28(37)22-18-30-12-13-32(22,39-3)29-31(30)14-16-35(15-11-25(33)36)24(30)17-21-9-10-23(38-2)27(40-29)26(21)31/h4-10,18,24,29H,11-17,19H2,1-3H3,(H2,33,36)/t24-,29-,30-,31+,32-/m1/s1. The third kappa shape index (κ3) is 3.09. The third-order valence-electron chi connectivity index (χ3n) is 10.7. The summed E-state index contributed by atoms with van der Waals surface area (Å²) in [4.78, 5) is 30.4. The van der Waals surface area contributed by atoms with Crippen molar-refractivity contribution >= 4 is 11.8 Å². The van der Waals surface area contributed by atoms with Crippen molar-refractivity contribution in [2.75, 3.05) is 34.4 Å². The Kier molecular flexibility index (Phi) is 5.64. The predicted octanol–water partition coefficient (Wildman–Crippen LogP) is 2.96. The largest absolute Gasteiger partial charge is 0.493 e. The van der Waals surface area contributed by atoms with Gasteiger partial charge in [0.05, 0.1) is 12.5 Å². The van der Waals surface area contributed by atoms with E-state index in [1.165, 1.54) is 11.1 Å². The number of rotatable bonds is 8. The average molecular weight is 544 g/mol. The van der Waals surface area contributed by atoms with Gasteiger partial charge in [0.2, 0.25) is 5.91 Å². The molecule has 1 saturated carbocycles. The van der Waals surface area contributed by atoms with Crippen LogP contribution in [-0.4, -0.2) is 73.7 Å². The molecule has 8 nitrogen and oxygen atoms in total. The van der Waals surface area contributed by atoms with Crippen molar-refractivity contribution in [2.45, 2.75) is 61.8 Å². The van der Waals surface area contributed by atoms with Crippen LogP contribution in [-0.2, 0) is 32.7 Å². The molecule has 8 heteroatoms. The van der Waals surface area contributed by atoms with Crippen molar-refractivity contribution in [1.29, 1.82) is 0 Å². The van der Waals surface area contributed by atoms with Crippen LogP contribution in [0.5, 0.6) is 11.5 Å². The van der Waals surface area contributed by atoms with Crippen LogP contribution < -0.4 is 15.2 Å². The van der Waals surface area contributed by atoms with E-state index in [4.69, 9.17) is 19.9 Å². The summed E-state index contributed by atoms with van der Waals surface area (Å²) in [5, 5.41) is 0. The van der Waals surface area contributed by atoms with Gasteiger partial charge < -0.3 is 24.8 Å². The number of likely N-dealkylation sites (tertiary alicyclic amines) is 1. The maximum atomic E-state index is 14.4. The summed E-state index contributed by atoms with van der Waals surface area (Å²) in [5.74, 6) is 1.22. The van der Waals surface area contributed by atoms with Crippen LogP contribution in [0.2, 0.25) is 0 Å². The lowest BCUT2D eigenvalue weighted by molar-refractivity contribution is -0.197. The van der Waals surface area contributed by atoms with Crippen LogP contribution >= 0.6 is 0 Å². The Morgan fingerprint density at radius 3 is 2.65 bits per heavy atom. The minimum absolute atomic E-state index is 0.0290. The molecule has 2 aliphatic heterocycles. The van der Waals surface area contributed by atoms with Crippen molar-refractivity contribution in [3.63, 3.8) is 0 Å². The summed E-state index contributed by atoms with van der Waals surface area (Å²) < 4.78 is 19.3. The number of carbonyl (C=O) groups is 2. The topological polar surface area (TPSA) is 94.3 Å². The predicted molar refractivity (Wildman–Crippen MR) is 149 cm³/mol. The minimum atomic E-state index is -0.873. The van der Waals surface area contributed by atoms with Gasteiger partial charge in [0, 0.05) is 56.3 Å². The summed E-state index contributed by atoms with van der Waals surface area (Å²) >= 11 is 0. The number of likely N-dealkylation sites (N-methyl/N-ethyl adjacent to an activating group) is 1. The summed E-state index contributed by atoms with van der Waals surface area (Å²) in [6.07, 6.45) is 5.49. The van der Waals surface area contributed by atoms with Crippen LogP contribution in [0.3, 0.4) is 0 Å². The number of piperidine rings is 1. The molecule has 0 aromatic heterocycles. The number of nitrogens with zero attached hydrogens (tertiary/aromatic N) is 2.